The molecule has 0 aliphatic carbocycles. The number of nitrogens with one attached hydrogen (secondary N) is 1. The van der Waals surface area contributed by atoms with Crippen molar-refractivity contribution in [2.24, 2.45) is 10.2 Å². The number of benzene rings is 3. The Morgan fingerprint density at radius 2 is 1.82 bits per heavy atom. The third-order valence-corrected chi connectivity index (χ3v) is 8.03. The van der Waals surface area contributed by atoms with Crippen LogP contribution < -0.4 is 19.3 Å². The molecule has 14 heteroatoms. The highest BCUT2D eigenvalue weighted by atomic mass is 35.5. The first-order valence-electron chi connectivity index (χ1n) is 14.5. The van der Waals surface area contributed by atoms with Crippen molar-refractivity contribution < 1.29 is 18.3 Å². The molecule has 0 saturated carbocycles. The Labute approximate surface area is 269 Å². The van der Waals surface area contributed by atoms with E-state index < -0.39 is 17.2 Å². The number of anilines is 4. The van der Waals surface area contributed by atoms with Crippen molar-refractivity contribution in [1.29, 1.82) is 0 Å². The number of amides is 1. The van der Waals surface area contributed by atoms with Gasteiger partial charge < -0.3 is 19.5 Å². The number of aromatic nitrogens is 2. The summed E-state index contributed by atoms with van der Waals surface area (Å²) < 4.78 is 31.7. The van der Waals surface area contributed by atoms with E-state index >= 15 is 0 Å². The molecule has 12 nitrogen and oxygen atoms in total. The minimum absolute atomic E-state index is 0.0410. The van der Waals surface area contributed by atoms with Crippen LogP contribution in [0.15, 0.2) is 77.0 Å². The number of para-hydroxylation sites is 2. The van der Waals surface area contributed by atoms with E-state index in [1.165, 1.54) is 25.3 Å². The van der Waals surface area contributed by atoms with E-state index in [1.807, 2.05) is 6.92 Å². The van der Waals surface area contributed by atoms with E-state index in [1.54, 1.807) is 48.5 Å². The smallest absolute Gasteiger partial charge is 0.360 e. The average molecular weight is 651 g/mol. The van der Waals surface area contributed by atoms with Crippen molar-refractivity contribution in [2.45, 2.75) is 39.7 Å². The summed E-state index contributed by atoms with van der Waals surface area (Å²) in [6, 6.07) is 17.9. The molecule has 1 heterocycles. The second-order valence-corrected chi connectivity index (χ2v) is 11.3. The van der Waals surface area contributed by atoms with Crippen LogP contribution in [0.4, 0.5) is 23.0 Å². The highest BCUT2D eigenvalue weighted by Crippen LogP contribution is 2.36. The molecule has 1 N–H and O–H groups in total. The maximum absolute atomic E-state index is 12.9. The van der Waals surface area contributed by atoms with Crippen LogP contribution in [0, 0.1) is 0 Å². The van der Waals surface area contributed by atoms with E-state index in [-0.39, 0.29) is 28.9 Å². The molecule has 0 saturated heterocycles. The molecule has 1 amide bonds. The molecule has 4 rings (SSSR count). The standard InChI is InChI=1S/C31H35ClN8O4S/c1-5-39(6-2)18-10-11-21(3)36-38-37-31(41)22-12-9-13-23(19-22)40(45(42)43)30-29(33-26-14-7-8-15-27(26)35-30)34-28-20-24(44-4)16-17-25(28)32/h7-9,12-17,19-21H,5-6,10-11,18H2,1-4H3,(H-,33,34,42,43). The fourth-order valence-corrected chi connectivity index (χ4v) is 5.25. The number of hydrogen-bond acceptors (Lipinski definition) is 9. The van der Waals surface area contributed by atoms with Gasteiger partial charge in [0.25, 0.3) is 0 Å². The molecule has 0 aliphatic rings. The first-order chi connectivity index (χ1) is 21.7. The van der Waals surface area contributed by atoms with Crippen molar-refractivity contribution in [3.05, 3.63) is 77.3 Å². The van der Waals surface area contributed by atoms with Gasteiger partial charge in [0.2, 0.25) is 10.0 Å². The van der Waals surface area contributed by atoms with E-state index in [0.29, 0.717) is 27.5 Å². The molecule has 236 valence electrons. The Morgan fingerprint density at radius 3 is 2.51 bits per heavy atom. The molecular formula is C31H35ClN8O4S. The summed E-state index contributed by atoms with van der Waals surface area (Å²) in [4.78, 5) is 28.3. The number of rotatable bonds is 14. The van der Waals surface area contributed by atoms with Crippen LogP contribution in [-0.2, 0) is 11.3 Å². The van der Waals surface area contributed by atoms with Gasteiger partial charge >= 0.3 is 5.91 Å². The predicted octanol–water partition coefficient (Wildman–Crippen LogP) is 6.59. The number of carbonyl (C=O) groups excluding carboxylic acids is 1. The van der Waals surface area contributed by atoms with Crippen molar-refractivity contribution >= 4 is 62.8 Å². The molecule has 2 unspecified atom stereocenters. The summed E-state index contributed by atoms with van der Waals surface area (Å²) in [6.45, 7) is 9.14. The van der Waals surface area contributed by atoms with Crippen LogP contribution in [0.2, 0.25) is 5.02 Å². The molecule has 1 aromatic heterocycles. The van der Waals surface area contributed by atoms with Crippen LogP contribution in [0.5, 0.6) is 5.75 Å². The molecule has 0 aliphatic heterocycles. The number of fused-ring (bicyclic) bond motifs is 1. The van der Waals surface area contributed by atoms with Gasteiger partial charge in [-0.15, -0.1) is 0 Å². The van der Waals surface area contributed by atoms with Gasteiger partial charge in [0, 0.05) is 6.07 Å². The number of carbonyl (C=O) groups is 1. The summed E-state index contributed by atoms with van der Waals surface area (Å²) in [5.74, 6) is -0.0693. The van der Waals surface area contributed by atoms with Gasteiger partial charge in [-0.05, 0) is 81.9 Å². The highest BCUT2D eigenvalue weighted by molar-refractivity contribution is 7.81. The summed E-state index contributed by atoms with van der Waals surface area (Å²) in [5, 5.41) is 11.3. The zero-order valence-electron chi connectivity index (χ0n) is 25.5. The Balaban J connectivity index is 1.64. The monoisotopic (exact) mass is 650 g/mol. The van der Waals surface area contributed by atoms with Gasteiger partial charge in [0.15, 0.2) is 11.6 Å². The Hall–Kier alpha value is -4.26. The fraction of sp³-hybridized carbons (Fsp3) is 0.323. The van der Waals surface area contributed by atoms with Crippen molar-refractivity contribution in [1.82, 2.24) is 19.8 Å². The van der Waals surface area contributed by atoms with Crippen molar-refractivity contribution in [3.8, 4) is 5.75 Å². The van der Waals surface area contributed by atoms with Gasteiger partial charge in [-0.3, -0.25) is 13.3 Å². The lowest BCUT2D eigenvalue weighted by atomic mass is 10.2. The van der Waals surface area contributed by atoms with Gasteiger partial charge in [-0.25, -0.2) is 9.97 Å². The van der Waals surface area contributed by atoms with Gasteiger partial charge in [-0.2, -0.15) is 0 Å². The predicted molar refractivity (Wildman–Crippen MR) is 176 cm³/mol. The zero-order chi connectivity index (χ0) is 32.3. The van der Waals surface area contributed by atoms with Gasteiger partial charge in [0.1, 0.15) is 16.9 Å². The van der Waals surface area contributed by atoms with Crippen molar-refractivity contribution in [2.75, 3.05) is 36.4 Å². The van der Waals surface area contributed by atoms with E-state index in [2.05, 4.69) is 49.2 Å². The second-order valence-electron chi connectivity index (χ2n) is 10.0. The lowest BCUT2D eigenvalue weighted by Gasteiger charge is -2.27. The lowest BCUT2D eigenvalue weighted by molar-refractivity contribution is 0.0992. The molecule has 0 radical (unpaired) electrons. The van der Waals surface area contributed by atoms with Gasteiger partial charge in [-0.1, -0.05) is 43.6 Å². The first kappa shape index (κ1) is 33.6. The molecular weight excluding hydrogens is 616 g/mol. The second kappa shape index (κ2) is 16.2. The van der Waals surface area contributed by atoms with Crippen molar-refractivity contribution in [3.63, 3.8) is 0 Å². The SMILES string of the molecule is CCN(CC)CCCC(C)N=[N+]=NC(=O)c1cccc(N(c2nc3ccccc3nc2Nc2cc(OC)ccc2Cl)S(=O)[O-])c1. The van der Waals surface area contributed by atoms with E-state index in [4.69, 9.17) is 16.3 Å². The minimum atomic E-state index is -2.87. The summed E-state index contributed by atoms with van der Waals surface area (Å²) in [6.07, 6.45) is 1.77. The van der Waals surface area contributed by atoms with Crippen LogP contribution in [0.3, 0.4) is 0 Å². The number of hydrogen-bond donors (Lipinski definition) is 1. The quantitative estimate of drug-likeness (QED) is 0.0912. The van der Waals surface area contributed by atoms with E-state index in [0.717, 1.165) is 36.8 Å². The fourth-order valence-electron chi connectivity index (χ4n) is 4.54. The third kappa shape index (κ3) is 8.90. The summed E-state index contributed by atoms with van der Waals surface area (Å²) in [5.41, 5.74) is 1.66. The third-order valence-electron chi connectivity index (χ3n) is 7.02. The van der Waals surface area contributed by atoms with E-state index in [9.17, 15) is 13.6 Å². The number of halogens is 1. The van der Waals surface area contributed by atoms with Crippen LogP contribution >= 0.6 is 11.6 Å². The lowest BCUT2D eigenvalue weighted by Crippen LogP contribution is -2.24. The molecule has 0 bridgehead atoms. The molecule has 45 heavy (non-hydrogen) atoms. The Kier molecular flexibility index (Phi) is 12.1. The number of nitrogens with zero attached hydrogens (tertiary/aromatic N) is 7. The Morgan fingerprint density at radius 1 is 1.09 bits per heavy atom. The average Bonchev–Trinajstić information content (AvgIpc) is 3.04. The number of methoxy groups -OCH3 is 1. The van der Waals surface area contributed by atoms with Gasteiger partial charge in [0.05, 0.1) is 51.4 Å². The highest BCUT2D eigenvalue weighted by Gasteiger charge is 2.22. The first-order valence-corrected chi connectivity index (χ1v) is 15.9. The minimum Gasteiger partial charge on any atom is -0.755 e. The van der Waals surface area contributed by atoms with Crippen LogP contribution in [-0.4, -0.2) is 62.3 Å². The number of ether oxygens (including phenoxy) is 1. The topological polar surface area (TPSA) is 150 Å². The molecule has 2 atom stereocenters. The normalized spacial score (nSPS) is 12.3. The molecule has 0 spiro atoms. The summed E-state index contributed by atoms with van der Waals surface area (Å²) in [7, 11) is 1.52. The zero-order valence-corrected chi connectivity index (χ0v) is 27.1. The maximum atomic E-state index is 12.9. The largest absolute Gasteiger partial charge is 0.755 e. The molecule has 4 aromatic rings. The Bertz CT molecular complexity index is 1730. The van der Waals surface area contributed by atoms with Crippen LogP contribution in [0.25, 0.3) is 11.0 Å². The van der Waals surface area contributed by atoms with Crippen LogP contribution in [0.1, 0.15) is 44.0 Å². The summed E-state index contributed by atoms with van der Waals surface area (Å²) >= 11 is 3.56. The molecule has 3 aromatic carbocycles. The maximum Gasteiger partial charge on any atom is 0.360 e. The molecule has 0 fully saturated rings.